The summed E-state index contributed by atoms with van der Waals surface area (Å²) in [6.45, 7) is 1.34. The Kier molecular flexibility index (Phi) is 5.36. The van der Waals surface area contributed by atoms with Gasteiger partial charge in [-0.3, -0.25) is 14.4 Å². The zero-order chi connectivity index (χ0) is 17.8. The van der Waals surface area contributed by atoms with E-state index >= 15 is 0 Å². The van der Waals surface area contributed by atoms with E-state index in [0.29, 0.717) is 32.4 Å². The molecular weight excluding hydrogens is 320 g/mol. The van der Waals surface area contributed by atoms with Gasteiger partial charge in [-0.15, -0.1) is 0 Å². The summed E-state index contributed by atoms with van der Waals surface area (Å²) >= 11 is 0. The minimum absolute atomic E-state index is 0.000229. The summed E-state index contributed by atoms with van der Waals surface area (Å²) in [6.07, 6.45) is 3.49. The van der Waals surface area contributed by atoms with Gasteiger partial charge in [-0.05, 0) is 31.2 Å². The van der Waals surface area contributed by atoms with Crippen molar-refractivity contribution < 1.29 is 19.5 Å². The Balaban J connectivity index is 1.87. The van der Waals surface area contributed by atoms with Crippen LogP contribution in [-0.4, -0.2) is 52.3 Å². The van der Waals surface area contributed by atoms with Crippen molar-refractivity contribution in [3.05, 3.63) is 35.9 Å². The molecule has 2 saturated heterocycles. The third-order valence-corrected chi connectivity index (χ3v) is 5.10. The van der Waals surface area contributed by atoms with Crippen LogP contribution in [0.15, 0.2) is 30.3 Å². The molecule has 0 radical (unpaired) electrons. The van der Waals surface area contributed by atoms with Crippen LogP contribution in [0.4, 0.5) is 0 Å². The van der Waals surface area contributed by atoms with Crippen LogP contribution in [-0.2, 0) is 14.4 Å². The zero-order valence-corrected chi connectivity index (χ0v) is 14.3. The summed E-state index contributed by atoms with van der Waals surface area (Å²) < 4.78 is 0. The van der Waals surface area contributed by atoms with Crippen LogP contribution in [0.5, 0.6) is 0 Å². The Morgan fingerprint density at radius 1 is 1.08 bits per heavy atom. The molecule has 0 aliphatic carbocycles. The first kappa shape index (κ1) is 17.5. The van der Waals surface area contributed by atoms with E-state index in [1.807, 2.05) is 30.3 Å². The molecular formula is C19H24N2O4. The highest BCUT2D eigenvalue weighted by atomic mass is 16.4. The van der Waals surface area contributed by atoms with Crippen molar-refractivity contribution in [3.63, 3.8) is 0 Å². The molecule has 2 heterocycles. The largest absolute Gasteiger partial charge is 0.481 e. The molecule has 3 rings (SSSR count). The van der Waals surface area contributed by atoms with Crippen LogP contribution < -0.4 is 0 Å². The third-order valence-electron chi connectivity index (χ3n) is 5.10. The number of likely N-dealkylation sites (tertiary alicyclic amines) is 2. The number of piperidine rings is 2. The van der Waals surface area contributed by atoms with Gasteiger partial charge in [0.05, 0.1) is 5.92 Å². The highest BCUT2D eigenvalue weighted by molar-refractivity contribution is 5.89. The Labute approximate surface area is 147 Å². The first-order valence-corrected chi connectivity index (χ1v) is 8.94. The summed E-state index contributed by atoms with van der Waals surface area (Å²) in [5.74, 6) is -1.54. The van der Waals surface area contributed by atoms with E-state index in [4.69, 9.17) is 0 Å². The lowest BCUT2D eigenvalue weighted by Gasteiger charge is -2.39. The van der Waals surface area contributed by atoms with Crippen LogP contribution in [0, 0.1) is 5.92 Å². The molecule has 1 aromatic carbocycles. The molecule has 2 aliphatic heterocycles. The number of carboxylic acids is 1. The molecule has 0 aromatic heterocycles. The van der Waals surface area contributed by atoms with Crippen molar-refractivity contribution in [1.82, 2.24) is 9.80 Å². The lowest BCUT2D eigenvalue weighted by atomic mass is 9.95. The number of nitrogens with zero attached hydrogens (tertiary/aromatic N) is 2. The van der Waals surface area contributed by atoms with Crippen molar-refractivity contribution in [1.29, 1.82) is 0 Å². The number of carboxylic acid groups (broad SMARTS) is 1. The molecule has 0 spiro atoms. The minimum atomic E-state index is -0.859. The standard InChI is InChI=1S/C19H24N2O4/c22-16-10-4-5-12-21(16)17(14-7-2-1-3-8-14)18(23)20-11-6-9-15(13-20)19(24)25/h1-3,7-8,15,17H,4-6,9-13H2,(H,24,25)/t15-,17+/m0/s1. The SMILES string of the molecule is O=C(O)[C@H]1CCCN(C(=O)[C@@H](c2ccccc2)N2CCCCC2=O)C1. The van der Waals surface area contributed by atoms with Gasteiger partial charge in [0.15, 0.2) is 0 Å². The molecule has 0 bridgehead atoms. The summed E-state index contributed by atoms with van der Waals surface area (Å²) in [6, 6.07) is 8.68. The highest BCUT2D eigenvalue weighted by Gasteiger charge is 2.37. The van der Waals surface area contributed by atoms with Gasteiger partial charge in [0.2, 0.25) is 11.8 Å². The van der Waals surface area contributed by atoms with Gasteiger partial charge in [-0.2, -0.15) is 0 Å². The highest BCUT2D eigenvalue weighted by Crippen LogP contribution is 2.29. The Hall–Kier alpha value is -2.37. The maximum Gasteiger partial charge on any atom is 0.308 e. The van der Waals surface area contributed by atoms with E-state index < -0.39 is 17.9 Å². The lowest BCUT2D eigenvalue weighted by molar-refractivity contribution is -0.152. The monoisotopic (exact) mass is 344 g/mol. The number of benzene rings is 1. The van der Waals surface area contributed by atoms with Gasteiger partial charge >= 0.3 is 5.97 Å². The van der Waals surface area contributed by atoms with Crippen LogP contribution in [0.1, 0.15) is 43.7 Å². The van der Waals surface area contributed by atoms with Gasteiger partial charge in [0, 0.05) is 26.1 Å². The second kappa shape index (κ2) is 7.68. The summed E-state index contributed by atoms with van der Waals surface area (Å²) in [5.41, 5.74) is 0.792. The van der Waals surface area contributed by atoms with Gasteiger partial charge < -0.3 is 14.9 Å². The number of carbonyl (C=O) groups is 3. The van der Waals surface area contributed by atoms with Crippen LogP contribution in [0.25, 0.3) is 0 Å². The second-order valence-corrected chi connectivity index (χ2v) is 6.82. The number of carbonyl (C=O) groups excluding carboxylic acids is 2. The smallest absolute Gasteiger partial charge is 0.308 e. The number of amides is 2. The Morgan fingerprint density at radius 2 is 1.84 bits per heavy atom. The van der Waals surface area contributed by atoms with Crippen molar-refractivity contribution in [2.75, 3.05) is 19.6 Å². The maximum atomic E-state index is 13.3. The summed E-state index contributed by atoms with van der Waals surface area (Å²) in [5, 5.41) is 9.28. The molecule has 2 amide bonds. The second-order valence-electron chi connectivity index (χ2n) is 6.82. The first-order valence-electron chi connectivity index (χ1n) is 8.94. The fourth-order valence-corrected chi connectivity index (χ4v) is 3.74. The van der Waals surface area contributed by atoms with Crippen molar-refractivity contribution in [3.8, 4) is 0 Å². The predicted molar refractivity (Wildman–Crippen MR) is 91.7 cm³/mol. The Morgan fingerprint density at radius 3 is 2.52 bits per heavy atom. The topological polar surface area (TPSA) is 77.9 Å². The molecule has 134 valence electrons. The van der Waals surface area contributed by atoms with E-state index in [2.05, 4.69) is 0 Å². The average molecular weight is 344 g/mol. The van der Waals surface area contributed by atoms with E-state index in [1.54, 1.807) is 9.80 Å². The van der Waals surface area contributed by atoms with Gasteiger partial charge in [-0.1, -0.05) is 30.3 Å². The quantitative estimate of drug-likeness (QED) is 0.907. The van der Waals surface area contributed by atoms with Gasteiger partial charge in [0.1, 0.15) is 6.04 Å². The maximum absolute atomic E-state index is 13.3. The Bertz CT molecular complexity index is 646. The zero-order valence-electron chi connectivity index (χ0n) is 14.3. The molecule has 25 heavy (non-hydrogen) atoms. The van der Waals surface area contributed by atoms with Crippen LogP contribution in [0.3, 0.4) is 0 Å². The molecule has 2 aliphatic rings. The minimum Gasteiger partial charge on any atom is -0.481 e. The molecule has 2 fully saturated rings. The summed E-state index contributed by atoms with van der Waals surface area (Å²) in [7, 11) is 0. The normalized spacial score (nSPS) is 22.6. The fourth-order valence-electron chi connectivity index (χ4n) is 3.74. The molecule has 1 N–H and O–H groups in total. The van der Waals surface area contributed by atoms with Crippen LogP contribution >= 0.6 is 0 Å². The van der Waals surface area contributed by atoms with Gasteiger partial charge in [0.25, 0.3) is 0 Å². The molecule has 1 aromatic rings. The molecule has 0 saturated carbocycles. The molecule has 0 unspecified atom stereocenters. The predicted octanol–water partition coefficient (Wildman–Crippen LogP) is 2.06. The van der Waals surface area contributed by atoms with E-state index in [9.17, 15) is 19.5 Å². The van der Waals surface area contributed by atoms with Crippen molar-refractivity contribution in [2.45, 2.75) is 38.1 Å². The first-order chi connectivity index (χ1) is 12.1. The number of hydrogen-bond donors (Lipinski definition) is 1. The van der Waals surface area contributed by atoms with Crippen LogP contribution in [0.2, 0.25) is 0 Å². The van der Waals surface area contributed by atoms with E-state index in [0.717, 1.165) is 18.4 Å². The third kappa shape index (κ3) is 3.83. The molecule has 6 nitrogen and oxygen atoms in total. The van der Waals surface area contributed by atoms with Gasteiger partial charge in [-0.25, -0.2) is 0 Å². The van der Waals surface area contributed by atoms with E-state index in [1.165, 1.54) is 0 Å². The average Bonchev–Trinajstić information content (AvgIpc) is 2.64. The summed E-state index contributed by atoms with van der Waals surface area (Å²) in [4.78, 5) is 40.3. The van der Waals surface area contributed by atoms with Crippen molar-refractivity contribution >= 4 is 17.8 Å². The fraction of sp³-hybridized carbons (Fsp3) is 0.526. The molecule has 2 atom stereocenters. The number of hydrogen-bond acceptors (Lipinski definition) is 3. The van der Waals surface area contributed by atoms with E-state index in [-0.39, 0.29) is 18.4 Å². The number of aliphatic carboxylic acids is 1. The lowest BCUT2D eigenvalue weighted by Crippen LogP contribution is -2.50. The van der Waals surface area contributed by atoms with Crippen molar-refractivity contribution in [2.24, 2.45) is 5.92 Å². The number of rotatable bonds is 4. The molecule has 6 heteroatoms.